The fourth-order valence-electron chi connectivity index (χ4n) is 2.05. The minimum Gasteiger partial charge on any atom is -0.208 e. The zero-order chi connectivity index (χ0) is 25.8. The Labute approximate surface area is 168 Å². The minimum atomic E-state index is -0.587. The Balaban J connectivity index is 2.12. The van der Waals surface area contributed by atoms with Gasteiger partial charge in [-0.15, -0.1) is 0 Å². The van der Waals surface area contributed by atoms with E-state index >= 15 is 0 Å². The maximum Gasteiger partial charge on any atom is 0.164 e. The standard InChI is InChI=1S/C21H14BrN3/c22-18-13-11-17(12-14-18)21-24-19(15-7-3-1-4-8-15)23-20(25-21)16-9-5-2-6-10-16/h1-14H/i1D,2D,3D,4D,5D,6D,7D,8D,9D,10D. The first-order valence-corrected chi connectivity index (χ1v) is 7.89. The molecule has 0 aliphatic heterocycles. The summed E-state index contributed by atoms with van der Waals surface area (Å²) in [4.78, 5) is 12.9. The van der Waals surface area contributed by atoms with Crippen molar-refractivity contribution in [2.45, 2.75) is 0 Å². The third-order valence-electron chi connectivity index (χ3n) is 3.19. The lowest BCUT2D eigenvalue weighted by atomic mass is 10.1. The van der Waals surface area contributed by atoms with Crippen LogP contribution in [0.5, 0.6) is 0 Å². The summed E-state index contributed by atoms with van der Waals surface area (Å²) in [5, 5.41) is 0. The fraction of sp³-hybridized carbons (Fsp3) is 0. The summed E-state index contributed by atoms with van der Waals surface area (Å²) in [7, 11) is 0. The highest BCUT2D eigenvalue weighted by atomic mass is 79.9. The van der Waals surface area contributed by atoms with Crippen molar-refractivity contribution < 1.29 is 13.7 Å². The van der Waals surface area contributed by atoms with Gasteiger partial charge in [0.1, 0.15) is 0 Å². The molecule has 3 nitrogen and oxygen atoms in total. The molecule has 0 N–H and O–H groups in total. The zero-order valence-corrected chi connectivity index (χ0v) is 14.1. The average molecular weight is 398 g/mol. The van der Waals surface area contributed by atoms with Gasteiger partial charge in [0.05, 0.1) is 13.7 Å². The topological polar surface area (TPSA) is 38.7 Å². The van der Waals surface area contributed by atoms with E-state index in [1.54, 1.807) is 24.3 Å². The molecule has 4 aromatic rings. The van der Waals surface area contributed by atoms with Crippen molar-refractivity contribution in [1.29, 1.82) is 0 Å². The van der Waals surface area contributed by atoms with E-state index in [1.165, 1.54) is 0 Å². The highest BCUT2D eigenvalue weighted by Gasteiger charge is 2.11. The first kappa shape index (κ1) is 8.02. The second-order valence-corrected chi connectivity index (χ2v) is 5.73. The molecule has 0 radical (unpaired) electrons. The Hall–Kier alpha value is -2.85. The van der Waals surface area contributed by atoms with Crippen molar-refractivity contribution in [3.8, 4) is 34.2 Å². The molecular weight excluding hydrogens is 374 g/mol. The Morgan fingerprint density at radius 2 is 0.960 bits per heavy atom. The lowest BCUT2D eigenvalue weighted by molar-refractivity contribution is 1.07. The van der Waals surface area contributed by atoms with Gasteiger partial charge in [-0.05, 0) is 12.1 Å². The second-order valence-electron chi connectivity index (χ2n) is 4.81. The summed E-state index contributed by atoms with van der Waals surface area (Å²) < 4.78 is 81.5. The molecule has 1 aromatic heterocycles. The summed E-state index contributed by atoms with van der Waals surface area (Å²) in [5.74, 6) is -0.565. The molecule has 4 rings (SSSR count). The van der Waals surface area contributed by atoms with Crippen molar-refractivity contribution in [3.05, 3.63) is 89.2 Å². The number of halogens is 1. The highest BCUT2D eigenvalue weighted by molar-refractivity contribution is 9.10. The predicted molar refractivity (Wildman–Crippen MR) is 104 cm³/mol. The fourth-order valence-corrected chi connectivity index (χ4v) is 2.32. The SMILES string of the molecule is [2H]c1c([2H])c([2H])c(-c2nc(-c3ccc(Br)cc3)nc(-c3c([2H])c([2H])c([2H])c([2H])c3[2H])n2)c([2H])c1[2H]. The third kappa shape index (κ3) is 3.49. The van der Waals surface area contributed by atoms with Crippen molar-refractivity contribution in [3.63, 3.8) is 0 Å². The van der Waals surface area contributed by atoms with Gasteiger partial charge in [0, 0.05) is 21.2 Å². The van der Waals surface area contributed by atoms with E-state index in [0.717, 1.165) is 4.47 Å². The smallest absolute Gasteiger partial charge is 0.164 e. The van der Waals surface area contributed by atoms with Gasteiger partial charge in [-0.3, -0.25) is 0 Å². The predicted octanol–water partition coefficient (Wildman–Crippen LogP) is 5.64. The number of rotatable bonds is 3. The van der Waals surface area contributed by atoms with Crippen molar-refractivity contribution in [1.82, 2.24) is 15.0 Å². The van der Waals surface area contributed by atoms with E-state index in [4.69, 9.17) is 13.7 Å². The van der Waals surface area contributed by atoms with Gasteiger partial charge < -0.3 is 0 Å². The van der Waals surface area contributed by atoms with Crippen molar-refractivity contribution in [2.75, 3.05) is 0 Å². The molecule has 0 saturated heterocycles. The molecular formula is C21H14BrN3. The molecule has 0 spiro atoms. The van der Waals surface area contributed by atoms with Gasteiger partial charge in [-0.1, -0.05) is 88.5 Å². The average Bonchev–Trinajstić information content (AvgIpc) is 2.84. The minimum absolute atomic E-state index is 0.0242. The van der Waals surface area contributed by atoms with Crippen LogP contribution in [0.15, 0.2) is 89.2 Å². The van der Waals surface area contributed by atoms with Crippen LogP contribution in [0.1, 0.15) is 13.7 Å². The Morgan fingerprint density at radius 1 is 0.560 bits per heavy atom. The van der Waals surface area contributed by atoms with Crippen molar-refractivity contribution in [2.24, 2.45) is 0 Å². The maximum absolute atomic E-state index is 8.29. The molecule has 120 valence electrons. The van der Waals surface area contributed by atoms with Gasteiger partial charge >= 0.3 is 0 Å². The number of hydrogen-bond acceptors (Lipinski definition) is 3. The van der Waals surface area contributed by atoms with E-state index in [-0.39, 0.29) is 28.6 Å². The molecule has 0 fully saturated rings. The van der Waals surface area contributed by atoms with Crippen LogP contribution in [0.2, 0.25) is 0 Å². The summed E-state index contributed by atoms with van der Waals surface area (Å²) in [5.41, 5.74) is -0.131. The van der Waals surface area contributed by atoms with Crippen LogP contribution >= 0.6 is 15.9 Å². The Bertz CT molecular complexity index is 1360. The summed E-state index contributed by atoms with van der Waals surface area (Å²) >= 11 is 3.33. The normalized spacial score (nSPS) is 16.2. The first-order valence-electron chi connectivity index (χ1n) is 12.1. The first-order chi connectivity index (χ1) is 16.4. The summed E-state index contributed by atoms with van der Waals surface area (Å²) in [6.45, 7) is 0. The molecule has 4 heteroatoms. The number of hydrogen-bond donors (Lipinski definition) is 0. The molecule has 0 atom stereocenters. The quantitative estimate of drug-likeness (QED) is 0.449. The highest BCUT2D eigenvalue weighted by Crippen LogP contribution is 2.25. The van der Waals surface area contributed by atoms with Gasteiger partial charge in [0.25, 0.3) is 0 Å². The number of benzene rings is 3. The van der Waals surface area contributed by atoms with Crippen LogP contribution in [0.25, 0.3) is 34.2 Å². The molecule has 3 aromatic carbocycles. The van der Waals surface area contributed by atoms with Crippen LogP contribution < -0.4 is 0 Å². The second kappa shape index (κ2) is 6.95. The zero-order valence-electron chi connectivity index (χ0n) is 22.5. The summed E-state index contributed by atoms with van der Waals surface area (Å²) in [6, 6.07) is 1.06. The molecule has 0 saturated carbocycles. The van der Waals surface area contributed by atoms with Crippen LogP contribution in [0, 0.1) is 0 Å². The molecule has 0 bridgehead atoms. The Morgan fingerprint density at radius 3 is 1.40 bits per heavy atom. The summed E-state index contributed by atoms with van der Waals surface area (Å²) in [6.07, 6.45) is 0. The van der Waals surface area contributed by atoms with Crippen LogP contribution in [-0.4, -0.2) is 15.0 Å². The molecule has 0 unspecified atom stereocenters. The Kier molecular flexibility index (Phi) is 2.23. The largest absolute Gasteiger partial charge is 0.208 e. The maximum atomic E-state index is 8.29. The van der Waals surface area contributed by atoms with Crippen LogP contribution in [-0.2, 0) is 0 Å². The third-order valence-corrected chi connectivity index (χ3v) is 3.71. The molecule has 0 amide bonds. The number of nitrogens with zero attached hydrogens (tertiary/aromatic N) is 3. The van der Waals surface area contributed by atoms with Crippen LogP contribution in [0.4, 0.5) is 0 Å². The van der Waals surface area contributed by atoms with E-state index in [9.17, 15) is 0 Å². The van der Waals surface area contributed by atoms with E-state index < -0.39 is 60.4 Å². The van der Waals surface area contributed by atoms with E-state index in [0.29, 0.717) is 5.56 Å². The molecule has 0 aliphatic rings. The van der Waals surface area contributed by atoms with Gasteiger partial charge in [0.2, 0.25) is 0 Å². The lowest BCUT2D eigenvalue weighted by Gasteiger charge is -2.08. The van der Waals surface area contributed by atoms with Gasteiger partial charge in [-0.2, -0.15) is 0 Å². The lowest BCUT2D eigenvalue weighted by Crippen LogP contribution is -1.99. The van der Waals surface area contributed by atoms with E-state index in [1.807, 2.05) is 0 Å². The monoisotopic (exact) mass is 397 g/mol. The van der Waals surface area contributed by atoms with Crippen molar-refractivity contribution >= 4 is 15.9 Å². The molecule has 1 heterocycles. The number of aromatic nitrogens is 3. The van der Waals surface area contributed by atoms with Gasteiger partial charge in [0.15, 0.2) is 17.5 Å². The van der Waals surface area contributed by atoms with E-state index in [2.05, 4.69) is 30.9 Å². The molecule has 25 heavy (non-hydrogen) atoms. The van der Waals surface area contributed by atoms with Crippen LogP contribution in [0.3, 0.4) is 0 Å². The molecule has 0 aliphatic carbocycles. The van der Waals surface area contributed by atoms with Gasteiger partial charge in [-0.25, -0.2) is 15.0 Å².